The predicted molar refractivity (Wildman–Crippen MR) is 84.3 cm³/mol. The Hall–Kier alpha value is -1.31. The quantitative estimate of drug-likeness (QED) is 0.789. The summed E-state index contributed by atoms with van der Waals surface area (Å²) in [4.78, 5) is 0. The Morgan fingerprint density at radius 2 is 1.55 bits per heavy atom. The number of hydrogen-bond donors (Lipinski definition) is 0. The second-order valence-corrected chi connectivity index (χ2v) is 5.83. The first-order valence-electron chi connectivity index (χ1n) is 7.29. The first kappa shape index (κ1) is 13.7. The molecule has 0 amide bonds. The van der Waals surface area contributed by atoms with Crippen LogP contribution in [0.25, 0.3) is 0 Å². The number of nitrogens with zero attached hydrogens (tertiary/aromatic N) is 1. The first-order chi connectivity index (χ1) is 9.86. The SMILES string of the molecule is Clc1ccccc1C(c1ccccc1)C1CC[N]CC1. The highest BCUT2D eigenvalue weighted by Gasteiger charge is 2.27. The standard InChI is InChI=1S/C18H19ClN/c19-17-9-5-4-8-16(17)18(14-6-2-1-3-7-14)15-10-12-20-13-11-15/h1-9,15,18H,10-13H2. The van der Waals surface area contributed by atoms with Crippen LogP contribution in [-0.2, 0) is 0 Å². The number of hydrogen-bond acceptors (Lipinski definition) is 0. The lowest BCUT2D eigenvalue weighted by Crippen LogP contribution is -2.27. The molecule has 0 N–H and O–H groups in total. The number of piperidine rings is 1. The molecule has 1 fully saturated rings. The molecular weight excluding hydrogens is 266 g/mol. The van der Waals surface area contributed by atoms with E-state index in [0.29, 0.717) is 11.8 Å². The average molecular weight is 285 g/mol. The molecule has 0 aliphatic carbocycles. The van der Waals surface area contributed by atoms with Crippen LogP contribution in [-0.4, -0.2) is 13.1 Å². The van der Waals surface area contributed by atoms with Crippen LogP contribution in [0.1, 0.15) is 29.9 Å². The van der Waals surface area contributed by atoms with E-state index >= 15 is 0 Å². The lowest BCUT2D eigenvalue weighted by molar-refractivity contribution is 0.338. The Kier molecular flexibility index (Phi) is 4.39. The number of benzene rings is 2. The molecule has 2 aromatic rings. The van der Waals surface area contributed by atoms with Crippen LogP contribution >= 0.6 is 11.6 Å². The summed E-state index contributed by atoms with van der Waals surface area (Å²) in [5, 5.41) is 5.37. The molecule has 1 radical (unpaired) electrons. The van der Waals surface area contributed by atoms with E-state index in [1.165, 1.54) is 11.1 Å². The zero-order chi connectivity index (χ0) is 13.8. The fourth-order valence-electron chi connectivity index (χ4n) is 3.20. The van der Waals surface area contributed by atoms with E-state index < -0.39 is 0 Å². The fourth-order valence-corrected chi connectivity index (χ4v) is 3.45. The van der Waals surface area contributed by atoms with Gasteiger partial charge in [-0.3, -0.25) is 0 Å². The van der Waals surface area contributed by atoms with Gasteiger partial charge >= 0.3 is 0 Å². The highest BCUT2D eigenvalue weighted by atomic mass is 35.5. The molecule has 1 unspecified atom stereocenters. The van der Waals surface area contributed by atoms with Crippen LogP contribution in [0.15, 0.2) is 54.6 Å². The molecule has 0 spiro atoms. The van der Waals surface area contributed by atoms with E-state index in [1.807, 2.05) is 12.1 Å². The van der Waals surface area contributed by atoms with E-state index in [-0.39, 0.29) is 0 Å². The van der Waals surface area contributed by atoms with Crippen LogP contribution in [0.2, 0.25) is 5.02 Å². The molecule has 1 nitrogen and oxygen atoms in total. The summed E-state index contributed by atoms with van der Waals surface area (Å²) in [6.45, 7) is 1.97. The molecule has 0 aromatic heterocycles. The number of halogens is 1. The highest BCUT2D eigenvalue weighted by molar-refractivity contribution is 6.31. The van der Waals surface area contributed by atoms with Crippen LogP contribution in [0, 0.1) is 5.92 Å². The van der Waals surface area contributed by atoms with Crippen LogP contribution in [0.5, 0.6) is 0 Å². The van der Waals surface area contributed by atoms with Crippen molar-refractivity contribution in [3.05, 3.63) is 70.7 Å². The zero-order valence-corrected chi connectivity index (χ0v) is 12.3. The summed E-state index contributed by atoms with van der Waals surface area (Å²) < 4.78 is 0. The molecule has 20 heavy (non-hydrogen) atoms. The summed E-state index contributed by atoms with van der Waals surface area (Å²) in [6, 6.07) is 19.0. The molecule has 1 atom stereocenters. The van der Waals surface area contributed by atoms with Crippen molar-refractivity contribution in [3.8, 4) is 0 Å². The maximum absolute atomic E-state index is 6.46. The Balaban J connectivity index is 2.01. The third kappa shape index (κ3) is 2.89. The summed E-state index contributed by atoms with van der Waals surface area (Å²) in [5.74, 6) is 1.02. The van der Waals surface area contributed by atoms with Gasteiger partial charge in [0.15, 0.2) is 0 Å². The minimum atomic E-state index is 0.389. The Labute approximate surface area is 126 Å². The molecule has 1 aliphatic rings. The van der Waals surface area contributed by atoms with E-state index in [4.69, 9.17) is 11.6 Å². The molecule has 1 saturated heterocycles. The summed E-state index contributed by atoms with van der Waals surface area (Å²) >= 11 is 6.46. The molecule has 2 aromatic carbocycles. The minimum Gasteiger partial charge on any atom is -0.242 e. The van der Waals surface area contributed by atoms with Gasteiger partial charge in [-0.1, -0.05) is 60.1 Å². The largest absolute Gasteiger partial charge is 0.242 e. The Bertz CT molecular complexity index is 546. The lowest BCUT2D eigenvalue weighted by Gasteiger charge is -2.31. The maximum atomic E-state index is 6.46. The van der Waals surface area contributed by atoms with Crippen molar-refractivity contribution < 1.29 is 0 Å². The van der Waals surface area contributed by atoms with Gasteiger partial charge in [-0.15, -0.1) is 0 Å². The van der Waals surface area contributed by atoms with Crippen LogP contribution in [0.3, 0.4) is 0 Å². The summed E-state index contributed by atoms with van der Waals surface area (Å²) in [6.07, 6.45) is 2.32. The maximum Gasteiger partial charge on any atom is 0.0444 e. The van der Waals surface area contributed by atoms with Crippen molar-refractivity contribution >= 4 is 11.6 Å². The van der Waals surface area contributed by atoms with Crippen LogP contribution < -0.4 is 5.32 Å². The summed E-state index contributed by atoms with van der Waals surface area (Å²) in [5.41, 5.74) is 2.62. The van der Waals surface area contributed by atoms with Crippen molar-refractivity contribution in [2.75, 3.05) is 13.1 Å². The van der Waals surface area contributed by atoms with Gasteiger partial charge in [0, 0.05) is 24.0 Å². The monoisotopic (exact) mass is 284 g/mol. The first-order valence-corrected chi connectivity index (χ1v) is 7.66. The van der Waals surface area contributed by atoms with E-state index in [2.05, 4.69) is 47.8 Å². The van der Waals surface area contributed by atoms with Crippen molar-refractivity contribution in [2.45, 2.75) is 18.8 Å². The van der Waals surface area contributed by atoms with Gasteiger partial charge in [0.05, 0.1) is 0 Å². The highest BCUT2D eigenvalue weighted by Crippen LogP contribution is 2.39. The second kappa shape index (κ2) is 6.43. The molecule has 0 saturated carbocycles. The zero-order valence-electron chi connectivity index (χ0n) is 11.5. The minimum absolute atomic E-state index is 0.389. The topological polar surface area (TPSA) is 14.1 Å². The van der Waals surface area contributed by atoms with Crippen molar-refractivity contribution in [2.24, 2.45) is 5.92 Å². The molecule has 2 heteroatoms. The van der Waals surface area contributed by atoms with Crippen molar-refractivity contribution in [3.63, 3.8) is 0 Å². The third-order valence-corrected chi connectivity index (χ3v) is 4.53. The van der Waals surface area contributed by atoms with E-state index in [1.54, 1.807) is 0 Å². The van der Waals surface area contributed by atoms with E-state index in [9.17, 15) is 0 Å². The van der Waals surface area contributed by atoms with E-state index in [0.717, 1.165) is 31.0 Å². The predicted octanol–water partition coefficient (Wildman–Crippen LogP) is 4.49. The fraction of sp³-hybridized carbons (Fsp3) is 0.333. The molecule has 1 aliphatic heterocycles. The van der Waals surface area contributed by atoms with Gasteiger partial charge in [0.25, 0.3) is 0 Å². The molecule has 3 rings (SSSR count). The van der Waals surface area contributed by atoms with Gasteiger partial charge in [-0.05, 0) is 36.0 Å². The van der Waals surface area contributed by atoms with Gasteiger partial charge < -0.3 is 0 Å². The molecule has 1 heterocycles. The van der Waals surface area contributed by atoms with Gasteiger partial charge in [-0.2, -0.15) is 0 Å². The normalized spacial score (nSPS) is 17.9. The molecule has 103 valence electrons. The molecule has 0 bridgehead atoms. The second-order valence-electron chi connectivity index (χ2n) is 5.42. The van der Waals surface area contributed by atoms with Crippen molar-refractivity contribution in [1.29, 1.82) is 0 Å². The van der Waals surface area contributed by atoms with Gasteiger partial charge in [0.1, 0.15) is 0 Å². The smallest absolute Gasteiger partial charge is 0.0444 e. The van der Waals surface area contributed by atoms with Gasteiger partial charge in [-0.25, -0.2) is 5.32 Å². The van der Waals surface area contributed by atoms with Gasteiger partial charge in [0.2, 0.25) is 0 Å². The van der Waals surface area contributed by atoms with Crippen LogP contribution in [0.4, 0.5) is 0 Å². The Morgan fingerprint density at radius 3 is 2.25 bits per heavy atom. The Morgan fingerprint density at radius 1 is 0.900 bits per heavy atom. The average Bonchev–Trinajstić information content (AvgIpc) is 2.52. The third-order valence-electron chi connectivity index (χ3n) is 4.19. The number of rotatable bonds is 3. The van der Waals surface area contributed by atoms with Crippen molar-refractivity contribution in [1.82, 2.24) is 5.32 Å². The lowest BCUT2D eigenvalue weighted by atomic mass is 9.76. The molecular formula is C18H19ClN. The summed E-state index contributed by atoms with van der Waals surface area (Å²) in [7, 11) is 0.